The Bertz CT molecular complexity index is 768. The maximum absolute atomic E-state index is 12.0. The van der Waals surface area contributed by atoms with Crippen LogP contribution in [0.2, 0.25) is 0 Å². The molecule has 1 unspecified atom stereocenters. The van der Waals surface area contributed by atoms with Gasteiger partial charge < -0.3 is 9.47 Å². The molecule has 5 nitrogen and oxygen atoms in total. The van der Waals surface area contributed by atoms with Crippen LogP contribution in [0.4, 0.5) is 0 Å². The molecule has 0 aromatic heterocycles. The van der Waals surface area contributed by atoms with Gasteiger partial charge in [0.1, 0.15) is 11.5 Å². The first-order valence-electron chi connectivity index (χ1n) is 7.78. The zero-order valence-corrected chi connectivity index (χ0v) is 14.0. The Kier molecular flexibility index (Phi) is 4.51. The van der Waals surface area contributed by atoms with Crippen LogP contribution in [0.1, 0.15) is 30.5 Å². The predicted molar refractivity (Wildman–Crippen MR) is 92.4 cm³/mol. The van der Waals surface area contributed by atoms with Gasteiger partial charge in [-0.3, -0.25) is 4.79 Å². The van der Waals surface area contributed by atoms with Crippen molar-refractivity contribution in [2.45, 2.75) is 19.4 Å². The van der Waals surface area contributed by atoms with Crippen molar-refractivity contribution >= 4 is 11.6 Å². The highest BCUT2D eigenvalue weighted by molar-refractivity contribution is 6.03. The second-order valence-corrected chi connectivity index (χ2v) is 5.64. The van der Waals surface area contributed by atoms with E-state index in [1.54, 1.807) is 19.2 Å². The lowest BCUT2D eigenvalue weighted by Gasteiger charge is -2.20. The maximum Gasteiger partial charge on any atom is 0.240 e. The van der Waals surface area contributed by atoms with Crippen LogP contribution >= 0.6 is 0 Å². The smallest absolute Gasteiger partial charge is 0.240 e. The van der Waals surface area contributed by atoms with Crippen LogP contribution in [0.3, 0.4) is 0 Å². The Morgan fingerprint density at radius 2 is 1.79 bits per heavy atom. The Hall–Kier alpha value is -2.82. The summed E-state index contributed by atoms with van der Waals surface area (Å²) in [5.74, 6) is 1.49. The van der Waals surface area contributed by atoms with E-state index in [1.165, 1.54) is 6.92 Å². The van der Waals surface area contributed by atoms with Gasteiger partial charge in [0.05, 0.1) is 26.0 Å². The van der Waals surface area contributed by atoms with E-state index in [9.17, 15) is 4.79 Å². The molecular weight excluding hydrogens is 304 g/mol. The van der Waals surface area contributed by atoms with Crippen molar-refractivity contribution in [3.05, 3.63) is 59.7 Å². The first kappa shape index (κ1) is 16.1. The number of methoxy groups -OCH3 is 2. The van der Waals surface area contributed by atoms with E-state index >= 15 is 0 Å². The van der Waals surface area contributed by atoms with Crippen molar-refractivity contribution in [1.82, 2.24) is 5.01 Å². The number of carbonyl (C=O) groups is 1. The number of benzene rings is 2. The quantitative estimate of drug-likeness (QED) is 0.866. The second-order valence-electron chi connectivity index (χ2n) is 5.64. The Morgan fingerprint density at radius 1 is 1.08 bits per heavy atom. The molecule has 0 fully saturated rings. The Balaban J connectivity index is 1.91. The number of hydrogen-bond donors (Lipinski definition) is 0. The molecule has 0 saturated heterocycles. The summed E-state index contributed by atoms with van der Waals surface area (Å²) in [4.78, 5) is 12.0. The summed E-state index contributed by atoms with van der Waals surface area (Å²) in [6.45, 7) is 1.54. The topological polar surface area (TPSA) is 51.1 Å². The molecular formula is C19H20N2O3. The summed E-state index contributed by atoms with van der Waals surface area (Å²) in [5.41, 5.74) is 2.89. The van der Waals surface area contributed by atoms with Gasteiger partial charge in [-0.05, 0) is 47.5 Å². The van der Waals surface area contributed by atoms with Crippen molar-refractivity contribution in [1.29, 1.82) is 0 Å². The van der Waals surface area contributed by atoms with Gasteiger partial charge in [-0.1, -0.05) is 12.1 Å². The Morgan fingerprint density at radius 3 is 2.42 bits per heavy atom. The lowest BCUT2D eigenvalue weighted by molar-refractivity contribution is -0.130. The van der Waals surface area contributed by atoms with Gasteiger partial charge in [0, 0.05) is 13.3 Å². The summed E-state index contributed by atoms with van der Waals surface area (Å²) in [6, 6.07) is 15.4. The molecule has 0 spiro atoms. The van der Waals surface area contributed by atoms with Crippen LogP contribution in [0, 0.1) is 0 Å². The molecule has 1 aliphatic rings. The second kappa shape index (κ2) is 6.74. The van der Waals surface area contributed by atoms with Crippen LogP contribution in [0.5, 0.6) is 11.5 Å². The molecule has 0 saturated carbocycles. The fraction of sp³-hybridized carbons (Fsp3) is 0.263. The third-order valence-corrected chi connectivity index (χ3v) is 4.13. The largest absolute Gasteiger partial charge is 0.497 e. The van der Waals surface area contributed by atoms with Gasteiger partial charge in [-0.25, -0.2) is 5.01 Å². The van der Waals surface area contributed by atoms with Gasteiger partial charge in [-0.15, -0.1) is 0 Å². The lowest BCUT2D eigenvalue weighted by Crippen LogP contribution is -2.24. The molecule has 1 amide bonds. The average Bonchev–Trinajstić information content (AvgIpc) is 3.07. The molecule has 1 atom stereocenters. The highest BCUT2D eigenvalue weighted by Crippen LogP contribution is 2.34. The summed E-state index contributed by atoms with van der Waals surface area (Å²) < 4.78 is 10.5. The molecule has 124 valence electrons. The third-order valence-electron chi connectivity index (χ3n) is 4.13. The first-order chi connectivity index (χ1) is 11.6. The fourth-order valence-electron chi connectivity index (χ4n) is 2.87. The van der Waals surface area contributed by atoms with E-state index in [0.29, 0.717) is 6.42 Å². The van der Waals surface area contributed by atoms with E-state index in [1.807, 2.05) is 48.5 Å². The maximum atomic E-state index is 12.0. The molecule has 0 aliphatic carbocycles. The highest BCUT2D eigenvalue weighted by Gasteiger charge is 2.31. The zero-order valence-electron chi connectivity index (χ0n) is 14.0. The van der Waals surface area contributed by atoms with Crippen molar-refractivity contribution in [2.24, 2.45) is 5.10 Å². The molecule has 24 heavy (non-hydrogen) atoms. The summed E-state index contributed by atoms with van der Waals surface area (Å²) in [5, 5.41) is 6.10. The van der Waals surface area contributed by atoms with Gasteiger partial charge in [0.2, 0.25) is 5.91 Å². The molecule has 1 aliphatic heterocycles. The van der Waals surface area contributed by atoms with Gasteiger partial charge in [0.15, 0.2) is 0 Å². The molecule has 5 heteroatoms. The van der Waals surface area contributed by atoms with Crippen molar-refractivity contribution < 1.29 is 14.3 Å². The van der Waals surface area contributed by atoms with Gasteiger partial charge in [-0.2, -0.15) is 5.10 Å². The van der Waals surface area contributed by atoms with E-state index < -0.39 is 0 Å². The predicted octanol–water partition coefficient (Wildman–Crippen LogP) is 3.40. The van der Waals surface area contributed by atoms with Crippen molar-refractivity contribution in [2.75, 3.05) is 14.2 Å². The van der Waals surface area contributed by atoms with Crippen LogP contribution in [-0.4, -0.2) is 30.8 Å². The number of amides is 1. The van der Waals surface area contributed by atoms with Gasteiger partial charge in [0.25, 0.3) is 0 Å². The standard InChI is InChI=1S/C19H20N2O3/c1-13(22)21-19(15-5-4-6-17(11-15)24-3)12-18(20-21)14-7-9-16(23-2)10-8-14/h4-11,19H,12H2,1-3H3. The molecule has 1 heterocycles. The van der Waals surface area contributed by atoms with Crippen LogP contribution in [0.15, 0.2) is 53.6 Å². The number of nitrogens with zero attached hydrogens (tertiary/aromatic N) is 2. The van der Waals surface area contributed by atoms with Crippen LogP contribution in [-0.2, 0) is 4.79 Å². The van der Waals surface area contributed by atoms with Crippen LogP contribution < -0.4 is 9.47 Å². The van der Waals surface area contributed by atoms with E-state index in [0.717, 1.165) is 28.3 Å². The first-order valence-corrected chi connectivity index (χ1v) is 7.78. The lowest BCUT2D eigenvalue weighted by atomic mass is 9.98. The molecule has 2 aromatic rings. The minimum atomic E-state index is -0.116. The number of rotatable bonds is 4. The van der Waals surface area contributed by atoms with Crippen molar-refractivity contribution in [3.8, 4) is 11.5 Å². The number of carbonyl (C=O) groups excluding carboxylic acids is 1. The highest BCUT2D eigenvalue weighted by atomic mass is 16.5. The zero-order chi connectivity index (χ0) is 17.1. The normalized spacial score (nSPS) is 16.7. The average molecular weight is 324 g/mol. The number of hydrazone groups is 1. The molecule has 0 bridgehead atoms. The van der Waals surface area contributed by atoms with E-state index in [-0.39, 0.29) is 11.9 Å². The fourth-order valence-corrected chi connectivity index (χ4v) is 2.87. The number of hydrogen-bond acceptors (Lipinski definition) is 4. The van der Waals surface area contributed by atoms with Crippen molar-refractivity contribution in [3.63, 3.8) is 0 Å². The number of ether oxygens (including phenoxy) is 2. The molecule has 0 radical (unpaired) electrons. The minimum Gasteiger partial charge on any atom is -0.497 e. The van der Waals surface area contributed by atoms with Gasteiger partial charge >= 0.3 is 0 Å². The summed E-state index contributed by atoms with van der Waals surface area (Å²) >= 11 is 0. The SMILES string of the molecule is COc1ccc(C2=NN(C(C)=O)C(c3cccc(OC)c3)C2)cc1. The Labute approximate surface area is 141 Å². The monoisotopic (exact) mass is 324 g/mol. The third kappa shape index (κ3) is 3.11. The van der Waals surface area contributed by atoms with E-state index in [2.05, 4.69) is 5.10 Å². The van der Waals surface area contributed by atoms with Crippen LogP contribution in [0.25, 0.3) is 0 Å². The van der Waals surface area contributed by atoms with E-state index in [4.69, 9.17) is 9.47 Å². The molecule has 3 rings (SSSR count). The summed E-state index contributed by atoms with van der Waals surface area (Å²) in [7, 11) is 3.27. The molecule has 2 aromatic carbocycles. The molecule has 0 N–H and O–H groups in total. The summed E-state index contributed by atoms with van der Waals surface area (Å²) in [6.07, 6.45) is 0.666. The minimum absolute atomic E-state index is 0.0775.